The van der Waals surface area contributed by atoms with Gasteiger partial charge in [0.05, 0.1) is 17.7 Å². The van der Waals surface area contributed by atoms with Gasteiger partial charge in [0.2, 0.25) is 5.89 Å². The molecule has 0 aliphatic carbocycles. The number of methoxy groups -OCH3 is 1. The van der Waals surface area contributed by atoms with E-state index in [1.165, 1.54) is 26.2 Å². The smallest absolute Gasteiger partial charge is 0.317 e. The summed E-state index contributed by atoms with van der Waals surface area (Å²) in [5.41, 5.74) is 0.516. The first kappa shape index (κ1) is 24.0. The minimum absolute atomic E-state index is 0.0783. The number of non-ortho nitro benzene ring substituents is 1. The summed E-state index contributed by atoms with van der Waals surface area (Å²) in [6.07, 6.45) is -1.17. The van der Waals surface area contributed by atoms with Crippen LogP contribution < -0.4 is 10.1 Å². The van der Waals surface area contributed by atoms with Crippen molar-refractivity contribution in [2.24, 2.45) is 0 Å². The molecular formula is C20H17ClN4O7S. The summed E-state index contributed by atoms with van der Waals surface area (Å²) in [5.74, 6) is -1.08. The number of esters is 1. The van der Waals surface area contributed by atoms with Crippen LogP contribution in [0.4, 0.5) is 11.4 Å². The number of nitrogens with one attached hydrogen (secondary N) is 1. The number of carbonyl (C=O) groups is 2. The third-order valence-electron chi connectivity index (χ3n) is 4.14. The summed E-state index contributed by atoms with van der Waals surface area (Å²) in [7, 11) is 1.35. The number of nitro groups is 1. The van der Waals surface area contributed by atoms with Gasteiger partial charge in [0, 0.05) is 22.7 Å². The number of carbonyl (C=O) groups excluding carboxylic acids is 2. The van der Waals surface area contributed by atoms with Crippen LogP contribution in [-0.2, 0) is 14.3 Å². The Balaban J connectivity index is 1.53. The Kier molecular flexibility index (Phi) is 7.85. The van der Waals surface area contributed by atoms with Crippen molar-refractivity contribution in [1.29, 1.82) is 0 Å². The van der Waals surface area contributed by atoms with Gasteiger partial charge in [-0.3, -0.25) is 19.7 Å². The zero-order valence-corrected chi connectivity index (χ0v) is 18.9. The topological polar surface area (TPSA) is 147 Å². The lowest BCUT2D eigenvalue weighted by Crippen LogP contribution is -2.30. The summed E-state index contributed by atoms with van der Waals surface area (Å²) in [5, 5.41) is 21.9. The van der Waals surface area contributed by atoms with Crippen LogP contribution in [0.25, 0.3) is 11.5 Å². The zero-order valence-electron chi connectivity index (χ0n) is 17.3. The second-order valence-electron chi connectivity index (χ2n) is 6.43. The summed E-state index contributed by atoms with van der Waals surface area (Å²) in [6.45, 7) is 1.37. The van der Waals surface area contributed by atoms with E-state index in [9.17, 15) is 19.7 Å². The van der Waals surface area contributed by atoms with Gasteiger partial charge in [-0.15, -0.1) is 10.2 Å². The lowest BCUT2D eigenvalue weighted by atomic mass is 10.2. The summed E-state index contributed by atoms with van der Waals surface area (Å²) >= 11 is 6.80. The number of thioether (sulfide) groups is 1. The molecule has 13 heteroatoms. The maximum Gasteiger partial charge on any atom is 0.317 e. The van der Waals surface area contributed by atoms with Gasteiger partial charge in [-0.25, -0.2) is 0 Å². The van der Waals surface area contributed by atoms with E-state index in [0.29, 0.717) is 10.6 Å². The molecule has 2 aromatic carbocycles. The molecule has 33 heavy (non-hydrogen) atoms. The number of hydrogen-bond acceptors (Lipinski definition) is 10. The monoisotopic (exact) mass is 492 g/mol. The second-order valence-corrected chi connectivity index (χ2v) is 7.79. The predicted molar refractivity (Wildman–Crippen MR) is 119 cm³/mol. The molecule has 1 amide bonds. The van der Waals surface area contributed by atoms with Crippen molar-refractivity contribution in [3.05, 3.63) is 57.6 Å². The number of rotatable bonds is 9. The Morgan fingerprint density at radius 1 is 1.24 bits per heavy atom. The molecule has 1 atom stereocenters. The molecule has 0 saturated carbocycles. The largest absolute Gasteiger partial charge is 0.495 e. The van der Waals surface area contributed by atoms with E-state index in [1.54, 1.807) is 24.3 Å². The first-order chi connectivity index (χ1) is 15.8. The number of benzene rings is 2. The van der Waals surface area contributed by atoms with Gasteiger partial charge in [0.25, 0.3) is 16.8 Å². The Morgan fingerprint density at radius 3 is 2.64 bits per heavy atom. The number of nitrogens with zero attached hydrogens (tertiary/aromatic N) is 3. The van der Waals surface area contributed by atoms with E-state index in [2.05, 4.69) is 15.5 Å². The van der Waals surface area contributed by atoms with E-state index in [0.717, 1.165) is 17.8 Å². The van der Waals surface area contributed by atoms with Crippen molar-refractivity contribution in [1.82, 2.24) is 10.2 Å². The highest BCUT2D eigenvalue weighted by Crippen LogP contribution is 2.29. The molecule has 0 spiro atoms. The van der Waals surface area contributed by atoms with E-state index in [-0.39, 0.29) is 34.0 Å². The molecule has 11 nitrogen and oxygen atoms in total. The highest BCUT2D eigenvalue weighted by molar-refractivity contribution is 7.99. The molecule has 3 rings (SSSR count). The Morgan fingerprint density at radius 2 is 1.97 bits per heavy atom. The molecule has 0 fully saturated rings. The van der Waals surface area contributed by atoms with Crippen LogP contribution in [0.1, 0.15) is 6.92 Å². The molecule has 0 unspecified atom stereocenters. The van der Waals surface area contributed by atoms with Gasteiger partial charge in [-0.05, 0) is 37.3 Å². The SMILES string of the molecule is COc1ccc([N+](=O)[O-])cc1NC(=O)[C@H](C)OC(=O)CSc1nnc(-c2ccc(Cl)cc2)o1. The van der Waals surface area contributed by atoms with Crippen LogP contribution in [-0.4, -0.2) is 46.0 Å². The third-order valence-corrected chi connectivity index (χ3v) is 5.18. The molecule has 0 bridgehead atoms. The molecule has 172 valence electrons. The minimum atomic E-state index is -1.17. The summed E-state index contributed by atoms with van der Waals surface area (Å²) in [4.78, 5) is 34.9. The van der Waals surface area contributed by atoms with Crippen molar-refractivity contribution in [3.63, 3.8) is 0 Å². The van der Waals surface area contributed by atoms with Crippen molar-refractivity contribution >= 4 is 46.6 Å². The average Bonchev–Trinajstić information content (AvgIpc) is 3.27. The fourth-order valence-electron chi connectivity index (χ4n) is 2.52. The van der Waals surface area contributed by atoms with Gasteiger partial charge in [-0.1, -0.05) is 23.4 Å². The lowest BCUT2D eigenvalue weighted by Gasteiger charge is -2.14. The van der Waals surface area contributed by atoms with Crippen molar-refractivity contribution in [2.45, 2.75) is 18.3 Å². The van der Waals surface area contributed by atoms with E-state index < -0.39 is 22.9 Å². The molecule has 0 aliphatic rings. The fourth-order valence-corrected chi connectivity index (χ4v) is 3.20. The number of amides is 1. The van der Waals surface area contributed by atoms with Crippen molar-refractivity contribution in [2.75, 3.05) is 18.2 Å². The maximum atomic E-state index is 12.4. The maximum absolute atomic E-state index is 12.4. The van der Waals surface area contributed by atoms with Crippen LogP contribution in [0, 0.1) is 10.1 Å². The molecule has 1 aromatic heterocycles. The lowest BCUT2D eigenvalue weighted by molar-refractivity contribution is -0.384. The van der Waals surface area contributed by atoms with Gasteiger partial charge in [0.1, 0.15) is 11.5 Å². The molecular weight excluding hydrogens is 476 g/mol. The highest BCUT2D eigenvalue weighted by Gasteiger charge is 2.21. The molecule has 3 aromatic rings. The van der Waals surface area contributed by atoms with E-state index in [4.69, 9.17) is 25.5 Å². The third kappa shape index (κ3) is 6.43. The van der Waals surface area contributed by atoms with Crippen molar-refractivity contribution < 1.29 is 28.4 Å². The van der Waals surface area contributed by atoms with Crippen LogP contribution in [0.5, 0.6) is 5.75 Å². The standard InChI is InChI=1S/C20H17ClN4O7S/c1-11(18(27)22-15-9-14(25(28)29)7-8-16(15)30-2)31-17(26)10-33-20-24-23-19(32-20)12-3-5-13(21)6-4-12/h3-9,11H,10H2,1-2H3,(H,22,27)/t11-/m0/s1. The minimum Gasteiger partial charge on any atom is -0.495 e. The second kappa shape index (κ2) is 10.8. The van der Waals surface area contributed by atoms with Gasteiger partial charge in [0.15, 0.2) is 6.10 Å². The van der Waals surface area contributed by atoms with Crippen LogP contribution >= 0.6 is 23.4 Å². The Bertz CT molecular complexity index is 1170. The molecule has 0 saturated heterocycles. The average molecular weight is 493 g/mol. The van der Waals surface area contributed by atoms with Gasteiger partial charge >= 0.3 is 5.97 Å². The van der Waals surface area contributed by atoms with Crippen LogP contribution in [0.2, 0.25) is 5.02 Å². The molecule has 1 heterocycles. The molecule has 0 radical (unpaired) electrons. The first-order valence-corrected chi connectivity index (χ1v) is 10.7. The normalized spacial score (nSPS) is 11.5. The number of halogens is 1. The fraction of sp³-hybridized carbons (Fsp3) is 0.200. The number of anilines is 1. The van der Waals surface area contributed by atoms with Crippen LogP contribution in [0.3, 0.4) is 0 Å². The van der Waals surface area contributed by atoms with E-state index >= 15 is 0 Å². The number of hydrogen-bond donors (Lipinski definition) is 1. The quantitative estimate of drug-likeness (QED) is 0.201. The summed E-state index contributed by atoms with van der Waals surface area (Å²) < 4.78 is 15.7. The predicted octanol–water partition coefficient (Wildman–Crippen LogP) is 3.97. The number of aromatic nitrogens is 2. The van der Waals surface area contributed by atoms with E-state index in [1.807, 2.05) is 0 Å². The van der Waals surface area contributed by atoms with Crippen molar-refractivity contribution in [3.8, 4) is 17.2 Å². The summed E-state index contributed by atoms with van der Waals surface area (Å²) in [6, 6.07) is 10.5. The molecule has 1 N–H and O–H groups in total. The Hall–Kier alpha value is -3.64. The Labute approximate surface area is 196 Å². The highest BCUT2D eigenvalue weighted by atomic mass is 35.5. The first-order valence-electron chi connectivity index (χ1n) is 9.32. The number of ether oxygens (including phenoxy) is 2. The van der Waals surface area contributed by atoms with Crippen LogP contribution in [0.15, 0.2) is 52.1 Å². The van der Waals surface area contributed by atoms with Gasteiger partial charge in [-0.2, -0.15) is 0 Å². The van der Waals surface area contributed by atoms with Gasteiger partial charge < -0.3 is 19.2 Å². The number of nitro benzene ring substituents is 1. The molecule has 0 aliphatic heterocycles. The zero-order chi connectivity index (χ0) is 24.0.